The first-order chi connectivity index (χ1) is 20.7. The van der Waals surface area contributed by atoms with Crippen LogP contribution in [0.2, 0.25) is 0 Å². The molecule has 8 heteroatoms. The Morgan fingerprint density at radius 3 is 2.53 bits per heavy atom. The van der Waals surface area contributed by atoms with E-state index >= 15 is 0 Å². The molecule has 2 bridgehead atoms. The summed E-state index contributed by atoms with van der Waals surface area (Å²) in [5, 5.41) is 6.33. The minimum atomic E-state index is -1.18. The molecule has 43 heavy (non-hydrogen) atoms. The van der Waals surface area contributed by atoms with Crippen LogP contribution in [0.1, 0.15) is 52.0 Å². The van der Waals surface area contributed by atoms with Crippen LogP contribution < -0.4 is 15.4 Å². The van der Waals surface area contributed by atoms with Gasteiger partial charge in [-0.1, -0.05) is 69.2 Å². The highest BCUT2D eigenvalue weighted by atomic mass is 16.5. The average Bonchev–Trinajstić information content (AvgIpc) is 3.66. The third-order valence-electron chi connectivity index (χ3n) is 10.4. The Hall–Kier alpha value is -3.65. The van der Waals surface area contributed by atoms with Crippen molar-refractivity contribution >= 4 is 23.4 Å². The van der Waals surface area contributed by atoms with E-state index in [2.05, 4.69) is 36.6 Å². The lowest BCUT2D eigenvalue weighted by atomic mass is 9.73. The molecule has 1 aliphatic carbocycles. The number of nitrogens with one attached hydrogen (secondary N) is 2. The lowest BCUT2D eigenvalue weighted by molar-refractivity contribution is -0.144. The Morgan fingerprint density at radius 2 is 1.81 bits per heavy atom. The van der Waals surface area contributed by atoms with Crippen LogP contribution in [0.25, 0.3) is 0 Å². The summed E-state index contributed by atoms with van der Waals surface area (Å²) in [5.74, 6) is -0.639. The van der Waals surface area contributed by atoms with Gasteiger partial charge in [-0.25, -0.2) is 0 Å². The number of hydrogen-bond acceptors (Lipinski definition) is 5. The molecular weight excluding hydrogens is 542 g/mol. The Morgan fingerprint density at radius 1 is 1.07 bits per heavy atom. The van der Waals surface area contributed by atoms with Crippen molar-refractivity contribution in [2.24, 2.45) is 23.7 Å². The fourth-order valence-corrected chi connectivity index (χ4v) is 7.79. The fraction of sp³-hybridized carbons (Fsp3) is 0.514. The molecule has 2 aromatic carbocycles. The number of nitrogens with zero attached hydrogens (tertiary/aromatic N) is 1. The first-order valence-corrected chi connectivity index (χ1v) is 15.7. The van der Waals surface area contributed by atoms with Gasteiger partial charge in [0, 0.05) is 17.8 Å². The van der Waals surface area contributed by atoms with Gasteiger partial charge in [0.15, 0.2) is 0 Å². The summed E-state index contributed by atoms with van der Waals surface area (Å²) in [6.45, 7) is 6.45. The largest absolute Gasteiger partial charge is 0.497 e. The molecule has 3 fully saturated rings. The average molecular weight is 586 g/mol. The summed E-state index contributed by atoms with van der Waals surface area (Å²) in [4.78, 5) is 44.3. The van der Waals surface area contributed by atoms with E-state index in [9.17, 15) is 14.4 Å². The maximum absolute atomic E-state index is 14.4. The number of carbonyl (C=O) groups excluding carboxylic acids is 3. The van der Waals surface area contributed by atoms with Crippen LogP contribution in [-0.2, 0) is 25.5 Å². The van der Waals surface area contributed by atoms with E-state index in [-0.39, 0.29) is 29.8 Å². The second-order valence-corrected chi connectivity index (χ2v) is 12.9. The van der Waals surface area contributed by atoms with Gasteiger partial charge in [-0.05, 0) is 67.9 Å². The van der Waals surface area contributed by atoms with Gasteiger partial charge in [0.1, 0.15) is 17.4 Å². The van der Waals surface area contributed by atoms with Crippen LogP contribution in [0.3, 0.4) is 0 Å². The number of methoxy groups -OCH3 is 1. The van der Waals surface area contributed by atoms with E-state index in [0.717, 1.165) is 25.7 Å². The van der Waals surface area contributed by atoms with Crippen LogP contribution in [0.15, 0.2) is 66.7 Å². The number of amides is 3. The SMILES string of the molecule is COc1ccc(NC(=O)[C@@H]2[C@@H]3C=C[C@]4(O3)[C@@H]2C(=O)N([C@@H](C)CCc2ccccc2)[C@H]4C(=O)N[C@@H]2CCC[C@H](C)[C@@H]2C)cc1. The number of hydrogen-bond donors (Lipinski definition) is 2. The predicted molar refractivity (Wildman–Crippen MR) is 164 cm³/mol. The molecule has 2 N–H and O–H groups in total. The standard InChI is InChI=1S/C35H43N3O5/c1-21-9-8-12-27(23(21)3)37-33(40)31-35-20-19-28(43-35)29(32(39)36-25-15-17-26(42-4)18-16-25)30(35)34(41)38(31)22(2)13-14-24-10-6-5-7-11-24/h5-7,10-11,15-23,27-31H,8-9,12-14H2,1-4H3,(H,36,39)(H,37,40)/t21-,22-,23-,27+,28-,29+,30-,31-,35-/m0/s1. The molecule has 4 aliphatic rings. The zero-order chi connectivity index (χ0) is 30.3. The Bertz CT molecular complexity index is 1380. The molecule has 3 amide bonds. The summed E-state index contributed by atoms with van der Waals surface area (Å²) in [6.07, 6.45) is 7.79. The van der Waals surface area contributed by atoms with Crippen LogP contribution in [0.5, 0.6) is 5.75 Å². The Labute approximate surface area is 254 Å². The summed E-state index contributed by atoms with van der Waals surface area (Å²) in [5.41, 5.74) is 0.609. The molecule has 0 aromatic heterocycles. The Balaban J connectivity index is 1.29. The molecule has 2 aromatic rings. The first-order valence-electron chi connectivity index (χ1n) is 15.7. The van der Waals surface area contributed by atoms with Crippen LogP contribution in [-0.4, -0.2) is 59.6 Å². The molecule has 1 spiro atoms. The van der Waals surface area contributed by atoms with Crippen LogP contribution >= 0.6 is 0 Å². The number of aryl methyl sites for hydroxylation is 1. The fourth-order valence-electron chi connectivity index (χ4n) is 7.79. The normalized spacial score (nSPS) is 33.3. The first kappa shape index (κ1) is 29.4. The van der Waals surface area contributed by atoms with Gasteiger partial charge in [0.05, 0.1) is 25.0 Å². The molecule has 6 rings (SSSR count). The summed E-state index contributed by atoms with van der Waals surface area (Å²) < 4.78 is 11.8. The van der Waals surface area contributed by atoms with Gasteiger partial charge in [0.2, 0.25) is 17.7 Å². The van der Waals surface area contributed by atoms with Gasteiger partial charge in [-0.3, -0.25) is 14.4 Å². The van der Waals surface area contributed by atoms with Crippen molar-refractivity contribution in [3.63, 3.8) is 0 Å². The van der Waals surface area contributed by atoms with Crippen molar-refractivity contribution in [1.29, 1.82) is 0 Å². The minimum Gasteiger partial charge on any atom is -0.497 e. The van der Waals surface area contributed by atoms with E-state index in [1.54, 1.807) is 36.3 Å². The van der Waals surface area contributed by atoms with Crippen molar-refractivity contribution in [2.75, 3.05) is 12.4 Å². The van der Waals surface area contributed by atoms with Crippen LogP contribution in [0.4, 0.5) is 5.69 Å². The third kappa shape index (κ3) is 5.24. The highest BCUT2D eigenvalue weighted by Crippen LogP contribution is 2.56. The van der Waals surface area contributed by atoms with Crippen molar-refractivity contribution in [2.45, 2.75) is 82.7 Å². The van der Waals surface area contributed by atoms with Crippen molar-refractivity contribution in [3.05, 3.63) is 72.3 Å². The van der Waals surface area contributed by atoms with E-state index in [4.69, 9.17) is 9.47 Å². The second kappa shape index (κ2) is 11.8. The highest BCUT2D eigenvalue weighted by molar-refractivity contribution is 6.03. The zero-order valence-corrected chi connectivity index (χ0v) is 25.5. The quantitative estimate of drug-likeness (QED) is 0.414. The lowest BCUT2D eigenvalue weighted by Crippen LogP contribution is -2.59. The minimum absolute atomic E-state index is 0.0417. The summed E-state index contributed by atoms with van der Waals surface area (Å²) in [7, 11) is 1.59. The molecule has 3 aliphatic heterocycles. The van der Waals surface area contributed by atoms with E-state index < -0.39 is 29.6 Å². The number of rotatable bonds is 9. The highest BCUT2D eigenvalue weighted by Gasteiger charge is 2.73. The van der Waals surface area contributed by atoms with E-state index in [1.165, 1.54) is 5.56 Å². The van der Waals surface area contributed by atoms with E-state index in [0.29, 0.717) is 29.7 Å². The molecule has 228 valence electrons. The zero-order valence-electron chi connectivity index (χ0n) is 25.5. The molecule has 0 unspecified atom stereocenters. The second-order valence-electron chi connectivity index (χ2n) is 12.9. The van der Waals surface area contributed by atoms with Crippen LogP contribution in [0, 0.1) is 23.7 Å². The topological polar surface area (TPSA) is 97.0 Å². The Kier molecular flexibility index (Phi) is 8.07. The van der Waals surface area contributed by atoms with Gasteiger partial charge in [-0.15, -0.1) is 0 Å². The summed E-state index contributed by atoms with van der Waals surface area (Å²) in [6, 6.07) is 16.2. The summed E-state index contributed by atoms with van der Waals surface area (Å²) >= 11 is 0. The number of benzene rings is 2. The maximum Gasteiger partial charge on any atom is 0.246 e. The predicted octanol–water partition coefficient (Wildman–Crippen LogP) is 4.75. The number of likely N-dealkylation sites (tertiary alicyclic amines) is 1. The smallest absolute Gasteiger partial charge is 0.246 e. The number of ether oxygens (including phenoxy) is 2. The molecule has 2 saturated heterocycles. The van der Waals surface area contributed by atoms with E-state index in [1.807, 2.05) is 37.3 Å². The van der Waals surface area contributed by atoms with Crippen molar-refractivity contribution in [3.8, 4) is 5.75 Å². The number of fused-ring (bicyclic) bond motifs is 1. The molecule has 1 saturated carbocycles. The number of anilines is 1. The van der Waals surface area contributed by atoms with Gasteiger partial charge in [-0.2, -0.15) is 0 Å². The maximum atomic E-state index is 14.4. The van der Waals surface area contributed by atoms with Crippen molar-refractivity contribution in [1.82, 2.24) is 10.2 Å². The van der Waals surface area contributed by atoms with Gasteiger partial charge >= 0.3 is 0 Å². The lowest BCUT2D eigenvalue weighted by Gasteiger charge is -2.39. The molecule has 0 radical (unpaired) electrons. The van der Waals surface area contributed by atoms with Gasteiger partial charge in [0.25, 0.3) is 0 Å². The van der Waals surface area contributed by atoms with Crippen molar-refractivity contribution < 1.29 is 23.9 Å². The molecule has 8 nitrogen and oxygen atoms in total. The molecule has 9 atom stereocenters. The molecular formula is C35H43N3O5. The monoisotopic (exact) mass is 585 g/mol. The number of carbonyl (C=O) groups is 3. The molecule has 3 heterocycles. The van der Waals surface area contributed by atoms with Gasteiger partial charge < -0.3 is 25.0 Å². The third-order valence-corrected chi connectivity index (χ3v) is 10.4.